The third-order valence-electron chi connectivity index (χ3n) is 3.27. The van der Waals surface area contributed by atoms with E-state index in [1.807, 2.05) is 19.9 Å². The SMILES string of the molecule is CC(C)Nc1cccc(C(=O)NC[C@@H](O)c2cccc(F)c2)c1. The fourth-order valence-electron chi connectivity index (χ4n) is 2.21. The summed E-state index contributed by atoms with van der Waals surface area (Å²) in [6.07, 6.45) is -0.952. The Hall–Kier alpha value is -2.40. The van der Waals surface area contributed by atoms with Crippen molar-refractivity contribution in [3.8, 4) is 0 Å². The number of aliphatic hydroxyl groups is 1. The minimum atomic E-state index is -0.952. The van der Waals surface area contributed by atoms with E-state index < -0.39 is 11.9 Å². The van der Waals surface area contributed by atoms with Crippen LogP contribution in [0.2, 0.25) is 0 Å². The summed E-state index contributed by atoms with van der Waals surface area (Å²) < 4.78 is 13.1. The van der Waals surface area contributed by atoms with Crippen LogP contribution in [0.4, 0.5) is 10.1 Å². The Bertz CT molecular complexity index is 674. The molecule has 0 fully saturated rings. The number of benzene rings is 2. The highest BCUT2D eigenvalue weighted by atomic mass is 19.1. The van der Waals surface area contributed by atoms with Crippen molar-refractivity contribution in [2.24, 2.45) is 0 Å². The number of carbonyl (C=O) groups excluding carboxylic acids is 1. The molecule has 0 radical (unpaired) electrons. The molecule has 0 bridgehead atoms. The van der Waals surface area contributed by atoms with Crippen LogP contribution in [0.25, 0.3) is 0 Å². The number of carbonyl (C=O) groups is 1. The smallest absolute Gasteiger partial charge is 0.251 e. The van der Waals surface area contributed by atoms with Gasteiger partial charge in [-0.25, -0.2) is 4.39 Å². The van der Waals surface area contributed by atoms with Gasteiger partial charge in [-0.1, -0.05) is 18.2 Å². The lowest BCUT2D eigenvalue weighted by atomic mass is 10.1. The first-order valence-corrected chi connectivity index (χ1v) is 7.54. The molecule has 0 unspecified atom stereocenters. The van der Waals surface area contributed by atoms with Crippen LogP contribution in [0.15, 0.2) is 48.5 Å². The van der Waals surface area contributed by atoms with E-state index >= 15 is 0 Å². The van der Waals surface area contributed by atoms with Gasteiger partial charge >= 0.3 is 0 Å². The standard InChI is InChI=1S/C18H21FN2O2/c1-12(2)21-16-8-4-6-14(10-16)18(23)20-11-17(22)13-5-3-7-15(19)9-13/h3-10,12,17,21-22H,11H2,1-2H3,(H,20,23)/t17-/m1/s1. The van der Waals surface area contributed by atoms with Gasteiger partial charge in [0.15, 0.2) is 0 Å². The van der Waals surface area contributed by atoms with Crippen LogP contribution in [0.3, 0.4) is 0 Å². The van der Waals surface area contributed by atoms with Crippen molar-refractivity contribution in [2.45, 2.75) is 26.0 Å². The van der Waals surface area contributed by atoms with Crippen LogP contribution in [0.5, 0.6) is 0 Å². The summed E-state index contributed by atoms with van der Waals surface area (Å²) in [7, 11) is 0. The van der Waals surface area contributed by atoms with Crippen LogP contribution in [0.1, 0.15) is 35.9 Å². The van der Waals surface area contributed by atoms with Crippen LogP contribution in [-0.2, 0) is 0 Å². The van der Waals surface area contributed by atoms with Gasteiger partial charge in [-0.15, -0.1) is 0 Å². The summed E-state index contributed by atoms with van der Waals surface area (Å²) in [6, 6.07) is 13.1. The third kappa shape index (κ3) is 5.07. The van der Waals surface area contributed by atoms with Crippen LogP contribution < -0.4 is 10.6 Å². The maximum Gasteiger partial charge on any atom is 0.251 e. The molecular formula is C18H21FN2O2. The Morgan fingerprint density at radius 2 is 1.91 bits per heavy atom. The molecule has 122 valence electrons. The lowest BCUT2D eigenvalue weighted by Crippen LogP contribution is -2.28. The topological polar surface area (TPSA) is 61.4 Å². The molecule has 0 saturated carbocycles. The molecule has 23 heavy (non-hydrogen) atoms. The minimum Gasteiger partial charge on any atom is -0.387 e. The van der Waals surface area contributed by atoms with E-state index in [9.17, 15) is 14.3 Å². The molecule has 0 aliphatic carbocycles. The fraction of sp³-hybridized carbons (Fsp3) is 0.278. The van der Waals surface area contributed by atoms with E-state index in [1.165, 1.54) is 18.2 Å². The number of rotatable bonds is 6. The molecule has 1 atom stereocenters. The molecule has 0 heterocycles. The van der Waals surface area contributed by atoms with Gasteiger partial charge in [-0.2, -0.15) is 0 Å². The Labute approximate surface area is 135 Å². The van der Waals surface area contributed by atoms with Gasteiger partial charge in [0.05, 0.1) is 6.10 Å². The Morgan fingerprint density at radius 3 is 2.61 bits per heavy atom. The second kappa shape index (κ2) is 7.74. The summed E-state index contributed by atoms with van der Waals surface area (Å²) >= 11 is 0. The molecule has 2 rings (SSSR count). The normalized spacial score (nSPS) is 12.0. The zero-order chi connectivity index (χ0) is 16.8. The van der Waals surface area contributed by atoms with Crippen molar-refractivity contribution in [2.75, 3.05) is 11.9 Å². The predicted molar refractivity (Wildman–Crippen MR) is 88.9 cm³/mol. The summed E-state index contributed by atoms with van der Waals surface area (Å²) in [5, 5.41) is 15.9. The highest BCUT2D eigenvalue weighted by Crippen LogP contribution is 2.14. The molecule has 3 N–H and O–H groups in total. The van der Waals surface area contributed by atoms with Crippen LogP contribution >= 0.6 is 0 Å². The summed E-state index contributed by atoms with van der Waals surface area (Å²) in [6.45, 7) is 4.05. The molecule has 1 amide bonds. The predicted octanol–water partition coefficient (Wildman–Crippen LogP) is 3.11. The fourth-order valence-corrected chi connectivity index (χ4v) is 2.21. The second-order valence-electron chi connectivity index (χ2n) is 5.66. The van der Waals surface area contributed by atoms with Crippen molar-refractivity contribution in [3.05, 3.63) is 65.5 Å². The first-order valence-electron chi connectivity index (χ1n) is 7.54. The van der Waals surface area contributed by atoms with E-state index in [0.717, 1.165) is 5.69 Å². The average Bonchev–Trinajstić information content (AvgIpc) is 2.52. The van der Waals surface area contributed by atoms with Crippen LogP contribution in [-0.4, -0.2) is 23.6 Å². The van der Waals surface area contributed by atoms with Crippen LogP contribution in [0, 0.1) is 5.82 Å². The maximum atomic E-state index is 13.1. The lowest BCUT2D eigenvalue weighted by molar-refractivity contribution is 0.0916. The molecule has 0 aliphatic heterocycles. The molecule has 0 aromatic heterocycles. The van der Waals surface area contributed by atoms with Gasteiger partial charge < -0.3 is 15.7 Å². The van der Waals surface area contributed by atoms with Crippen molar-refractivity contribution in [1.82, 2.24) is 5.32 Å². The molecule has 4 nitrogen and oxygen atoms in total. The molecule has 2 aromatic rings. The van der Waals surface area contributed by atoms with E-state index in [2.05, 4.69) is 10.6 Å². The first-order chi connectivity index (χ1) is 11.0. The molecule has 2 aromatic carbocycles. The largest absolute Gasteiger partial charge is 0.387 e. The Balaban J connectivity index is 1.96. The summed E-state index contributed by atoms with van der Waals surface area (Å²) in [5.41, 5.74) is 1.79. The zero-order valence-electron chi connectivity index (χ0n) is 13.2. The van der Waals surface area contributed by atoms with Gasteiger partial charge in [-0.05, 0) is 49.7 Å². The molecule has 0 saturated heterocycles. The zero-order valence-corrected chi connectivity index (χ0v) is 13.2. The Kier molecular flexibility index (Phi) is 5.71. The third-order valence-corrected chi connectivity index (χ3v) is 3.27. The van der Waals surface area contributed by atoms with Crippen molar-refractivity contribution < 1.29 is 14.3 Å². The molecule has 0 spiro atoms. The summed E-state index contributed by atoms with van der Waals surface area (Å²) in [5.74, 6) is -0.701. The maximum absolute atomic E-state index is 13.1. The number of anilines is 1. The van der Waals surface area contributed by atoms with Crippen molar-refractivity contribution in [1.29, 1.82) is 0 Å². The van der Waals surface area contributed by atoms with Crippen molar-refractivity contribution >= 4 is 11.6 Å². The van der Waals surface area contributed by atoms with E-state index in [4.69, 9.17) is 0 Å². The quantitative estimate of drug-likeness (QED) is 0.767. The lowest BCUT2D eigenvalue weighted by Gasteiger charge is -2.14. The average molecular weight is 316 g/mol. The summed E-state index contributed by atoms with van der Waals surface area (Å²) in [4.78, 5) is 12.2. The van der Waals surface area contributed by atoms with E-state index in [0.29, 0.717) is 11.1 Å². The number of hydrogen-bond donors (Lipinski definition) is 3. The molecule has 0 aliphatic rings. The number of hydrogen-bond acceptors (Lipinski definition) is 3. The minimum absolute atomic E-state index is 0.0180. The first kappa shape index (κ1) is 17.0. The van der Waals surface area contributed by atoms with Gasteiger partial charge in [0.1, 0.15) is 5.82 Å². The molecule has 5 heteroatoms. The molecular weight excluding hydrogens is 295 g/mol. The van der Waals surface area contributed by atoms with Gasteiger partial charge in [0.25, 0.3) is 5.91 Å². The van der Waals surface area contributed by atoms with Crippen molar-refractivity contribution in [3.63, 3.8) is 0 Å². The van der Waals surface area contributed by atoms with Gasteiger partial charge in [0, 0.05) is 23.8 Å². The Morgan fingerprint density at radius 1 is 1.17 bits per heavy atom. The van der Waals surface area contributed by atoms with Gasteiger partial charge in [0.2, 0.25) is 0 Å². The van der Waals surface area contributed by atoms with E-state index in [1.54, 1.807) is 24.3 Å². The van der Waals surface area contributed by atoms with Gasteiger partial charge in [-0.3, -0.25) is 4.79 Å². The highest BCUT2D eigenvalue weighted by Gasteiger charge is 2.12. The van der Waals surface area contributed by atoms with E-state index in [-0.39, 0.29) is 18.5 Å². The highest BCUT2D eigenvalue weighted by molar-refractivity contribution is 5.95. The second-order valence-corrected chi connectivity index (χ2v) is 5.66. The number of halogens is 1. The number of nitrogens with one attached hydrogen (secondary N) is 2. The monoisotopic (exact) mass is 316 g/mol. The number of aliphatic hydroxyl groups excluding tert-OH is 1. The number of amides is 1.